The van der Waals surface area contributed by atoms with Crippen molar-refractivity contribution in [3.05, 3.63) is 107 Å². The van der Waals surface area contributed by atoms with Crippen molar-refractivity contribution in [1.82, 2.24) is 10.2 Å². The Hall–Kier alpha value is -4.31. The van der Waals surface area contributed by atoms with Crippen molar-refractivity contribution < 1.29 is 24.6 Å². The predicted octanol–water partition coefficient (Wildman–Crippen LogP) is 3.89. The highest BCUT2D eigenvalue weighted by molar-refractivity contribution is 6.07. The molecule has 0 spiro atoms. The summed E-state index contributed by atoms with van der Waals surface area (Å²) in [7, 11) is 0. The van der Waals surface area contributed by atoms with E-state index in [1.165, 1.54) is 0 Å². The van der Waals surface area contributed by atoms with Crippen LogP contribution >= 0.6 is 0 Å². The normalized spacial score (nSPS) is 23.2. The van der Waals surface area contributed by atoms with Crippen LogP contribution < -0.4 is 15.5 Å². The Morgan fingerprint density at radius 2 is 1.87 bits per heavy atom. The summed E-state index contributed by atoms with van der Waals surface area (Å²) in [5, 5.41) is 28.3. The quantitative estimate of drug-likeness (QED) is 0.269. The van der Waals surface area contributed by atoms with Gasteiger partial charge in [0, 0.05) is 36.7 Å². The third kappa shape index (κ3) is 6.23. The standard InChI is InChI=1S/C37H42N4O5/c1-25(9-6-17-34(43)40-23-29-12-3-2-11-27(29)20-31(40)24-42)37(46)32-15-4-5-16-33(32)41(36(37)45)22-26-10-7-14-30(19-26)39-35(44)28-13-8-18-38-21-28/h2-7,9-12,14-16,19,25,28,31,38,42,46H,8,13,17-18,20-24H2,1H3,(H,39,44)/b9-6+/t25-,28?,31-,37+/m0/s1. The van der Waals surface area contributed by atoms with E-state index >= 15 is 0 Å². The molecule has 0 aliphatic carbocycles. The number of hydrogen-bond donors (Lipinski definition) is 4. The summed E-state index contributed by atoms with van der Waals surface area (Å²) in [6, 6.07) is 22.4. The van der Waals surface area contributed by atoms with Gasteiger partial charge < -0.3 is 30.6 Å². The Labute approximate surface area is 269 Å². The zero-order chi connectivity index (χ0) is 32.3. The van der Waals surface area contributed by atoms with Gasteiger partial charge in [-0.3, -0.25) is 14.4 Å². The van der Waals surface area contributed by atoms with Crippen LogP contribution in [0, 0.1) is 11.8 Å². The van der Waals surface area contributed by atoms with E-state index < -0.39 is 17.4 Å². The summed E-state index contributed by atoms with van der Waals surface area (Å²) in [5.41, 5.74) is 3.06. The number of nitrogens with one attached hydrogen (secondary N) is 2. The lowest BCUT2D eigenvalue weighted by Gasteiger charge is -2.36. The second kappa shape index (κ2) is 13.6. The van der Waals surface area contributed by atoms with E-state index in [1.807, 2.05) is 60.7 Å². The predicted molar refractivity (Wildman–Crippen MR) is 177 cm³/mol. The lowest BCUT2D eigenvalue weighted by molar-refractivity contribution is -0.139. The maximum atomic E-state index is 14.0. The van der Waals surface area contributed by atoms with Gasteiger partial charge in [0.25, 0.3) is 5.91 Å². The van der Waals surface area contributed by atoms with E-state index in [0.29, 0.717) is 36.4 Å². The zero-order valence-electron chi connectivity index (χ0n) is 26.2. The fraction of sp³-hybridized carbons (Fsp3) is 0.378. The van der Waals surface area contributed by atoms with Crippen LogP contribution in [0.5, 0.6) is 0 Å². The van der Waals surface area contributed by atoms with Crippen LogP contribution in [0.25, 0.3) is 0 Å². The number of para-hydroxylation sites is 1. The van der Waals surface area contributed by atoms with Gasteiger partial charge in [0.2, 0.25) is 11.8 Å². The van der Waals surface area contributed by atoms with E-state index in [9.17, 15) is 24.6 Å². The first-order valence-corrected chi connectivity index (χ1v) is 16.2. The lowest BCUT2D eigenvalue weighted by Crippen LogP contribution is -2.46. The fourth-order valence-corrected chi connectivity index (χ4v) is 6.98. The minimum atomic E-state index is -1.81. The van der Waals surface area contributed by atoms with Crippen LogP contribution in [-0.2, 0) is 39.5 Å². The first-order chi connectivity index (χ1) is 22.3. The summed E-state index contributed by atoms with van der Waals surface area (Å²) in [4.78, 5) is 43.4. The molecule has 46 heavy (non-hydrogen) atoms. The molecule has 3 aliphatic rings. The summed E-state index contributed by atoms with van der Waals surface area (Å²) < 4.78 is 0. The molecule has 6 rings (SSSR count). The molecule has 0 saturated carbocycles. The Morgan fingerprint density at radius 3 is 2.65 bits per heavy atom. The molecule has 4 atom stereocenters. The zero-order valence-corrected chi connectivity index (χ0v) is 26.2. The van der Waals surface area contributed by atoms with E-state index in [-0.39, 0.29) is 43.3 Å². The van der Waals surface area contributed by atoms with E-state index in [4.69, 9.17) is 0 Å². The number of fused-ring (bicyclic) bond motifs is 2. The van der Waals surface area contributed by atoms with Crippen LogP contribution in [0.15, 0.2) is 84.9 Å². The molecule has 3 amide bonds. The summed E-state index contributed by atoms with van der Waals surface area (Å²) in [6.45, 7) is 3.93. The summed E-state index contributed by atoms with van der Waals surface area (Å²) in [5.74, 6) is -1.26. The molecule has 1 saturated heterocycles. The average Bonchev–Trinajstić information content (AvgIpc) is 3.30. The third-order valence-corrected chi connectivity index (χ3v) is 9.64. The van der Waals surface area contributed by atoms with Gasteiger partial charge in [0.1, 0.15) is 0 Å². The summed E-state index contributed by atoms with van der Waals surface area (Å²) in [6.07, 6.45) is 5.97. The highest BCUT2D eigenvalue weighted by Gasteiger charge is 2.52. The number of piperidine rings is 1. The fourth-order valence-electron chi connectivity index (χ4n) is 6.98. The molecule has 9 nitrogen and oxygen atoms in total. The van der Waals surface area contributed by atoms with E-state index in [2.05, 4.69) is 10.6 Å². The molecule has 4 N–H and O–H groups in total. The second-order valence-electron chi connectivity index (χ2n) is 12.7. The number of benzene rings is 3. The maximum absolute atomic E-state index is 14.0. The van der Waals surface area contributed by atoms with Crippen molar-refractivity contribution in [2.45, 2.75) is 57.3 Å². The van der Waals surface area contributed by atoms with Crippen molar-refractivity contribution in [1.29, 1.82) is 0 Å². The minimum Gasteiger partial charge on any atom is -0.394 e. The molecular weight excluding hydrogens is 580 g/mol. The Kier molecular flexibility index (Phi) is 9.35. The smallest absolute Gasteiger partial charge is 0.264 e. The third-order valence-electron chi connectivity index (χ3n) is 9.64. The van der Waals surface area contributed by atoms with Crippen LogP contribution in [0.1, 0.15) is 48.4 Å². The molecule has 1 unspecified atom stereocenters. The molecule has 9 heteroatoms. The topological polar surface area (TPSA) is 122 Å². The van der Waals surface area contributed by atoms with Crippen molar-refractivity contribution in [3.8, 4) is 0 Å². The molecule has 0 aromatic heterocycles. The molecule has 0 radical (unpaired) electrons. The van der Waals surface area contributed by atoms with Crippen LogP contribution in [0.3, 0.4) is 0 Å². The Bertz CT molecular complexity index is 1630. The molecule has 3 aromatic carbocycles. The SMILES string of the molecule is C[C@@H](/C=C/CC(=O)N1Cc2ccccc2C[C@H]1CO)[C@]1(O)C(=O)N(Cc2cccc(NC(=O)C3CCCNC3)c2)c2ccccc21. The number of carbonyl (C=O) groups excluding carboxylic acids is 3. The van der Waals surface area contributed by atoms with Crippen LogP contribution in [-0.4, -0.2) is 58.6 Å². The average molecular weight is 623 g/mol. The second-order valence-corrected chi connectivity index (χ2v) is 12.7. The monoisotopic (exact) mass is 622 g/mol. The number of hydrogen-bond acceptors (Lipinski definition) is 6. The van der Waals surface area contributed by atoms with Gasteiger partial charge in [-0.2, -0.15) is 0 Å². The number of anilines is 2. The van der Waals surface area contributed by atoms with Crippen molar-refractivity contribution in [3.63, 3.8) is 0 Å². The van der Waals surface area contributed by atoms with Gasteiger partial charge in [-0.15, -0.1) is 0 Å². The molecule has 240 valence electrons. The number of nitrogens with zero attached hydrogens (tertiary/aromatic N) is 2. The van der Waals surface area contributed by atoms with Gasteiger partial charge >= 0.3 is 0 Å². The Balaban J connectivity index is 1.14. The van der Waals surface area contributed by atoms with E-state index in [1.54, 1.807) is 41.0 Å². The largest absolute Gasteiger partial charge is 0.394 e. The van der Waals surface area contributed by atoms with Gasteiger partial charge in [0.15, 0.2) is 5.60 Å². The minimum absolute atomic E-state index is 0.0163. The van der Waals surface area contributed by atoms with Gasteiger partial charge in [-0.25, -0.2) is 0 Å². The molecule has 1 fully saturated rings. The van der Waals surface area contributed by atoms with Gasteiger partial charge in [-0.1, -0.05) is 73.7 Å². The maximum Gasteiger partial charge on any atom is 0.264 e. The number of rotatable bonds is 9. The Morgan fingerprint density at radius 1 is 1.09 bits per heavy atom. The highest BCUT2D eigenvalue weighted by atomic mass is 16.3. The highest BCUT2D eigenvalue weighted by Crippen LogP contribution is 2.45. The number of amides is 3. The molecular formula is C37H42N4O5. The van der Waals surface area contributed by atoms with Crippen molar-refractivity contribution in [2.24, 2.45) is 11.8 Å². The number of aliphatic hydroxyl groups excluding tert-OH is 1. The van der Waals surface area contributed by atoms with Crippen molar-refractivity contribution in [2.75, 3.05) is 29.9 Å². The van der Waals surface area contributed by atoms with Crippen LogP contribution in [0.2, 0.25) is 0 Å². The van der Waals surface area contributed by atoms with E-state index in [0.717, 1.165) is 36.1 Å². The molecule has 3 aliphatic heterocycles. The number of carbonyl (C=O) groups is 3. The van der Waals surface area contributed by atoms with Gasteiger partial charge in [-0.05, 0) is 60.7 Å². The first kappa shape index (κ1) is 31.7. The molecule has 0 bridgehead atoms. The molecule has 3 heterocycles. The lowest BCUT2D eigenvalue weighted by atomic mass is 9.83. The summed E-state index contributed by atoms with van der Waals surface area (Å²) >= 11 is 0. The molecule has 3 aromatic rings. The van der Waals surface area contributed by atoms with Crippen LogP contribution in [0.4, 0.5) is 11.4 Å². The number of aliphatic hydroxyl groups is 2. The van der Waals surface area contributed by atoms with Gasteiger partial charge in [0.05, 0.1) is 30.8 Å². The van der Waals surface area contributed by atoms with Crippen molar-refractivity contribution >= 4 is 29.1 Å². The first-order valence-electron chi connectivity index (χ1n) is 16.2.